The van der Waals surface area contributed by atoms with Crippen molar-refractivity contribution in [2.75, 3.05) is 5.75 Å². The molecule has 2 nitrogen and oxygen atoms in total. The summed E-state index contributed by atoms with van der Waals surface area (Å²) in [6.07, 6.45) is 1.66. The van der Waals surface area contributed by atoms with E-state index in [4.69, 9.17) is 4.42 Å². The van der Waals surface area contributed by atoms with Crippen molar-refractivity contribution in [1.29, 1.82) is 0 Å². The molecule has 2 aromatic rings. The summed E-state index contributed by atoms with van der Waals surface area (Å²) in [4.78, 5) is 12.4. The number of benzene rings is 1. The summed E-state index contributed by atoms with van der Waals surface area (Å²) < 4.78 is 5.28. The minimum absolute atomic E-state index is 0.0596. The number of hydrogen-bond acceptors (Lipinski definition) is 3. The Balaban J connectivity index is 2.04. The fourth-order valence-electron chi connectivity index (χ4n) is 2.11. The lowest BCUT2D eigenvalue weighted by Crippen LogP contribution is -2.14. The van der Waals surface area contributed by atoms with E-state index in [0.717, 1.165) is 22.6 Å². The molecule has 0 aliphatic rings. The molecule has 1 aromatic carbocycles. The smallest absolute Gasteiger partial charge is 0.173 e. The van der Waals surface area contributed by atoms with Crippen LogP contribution in [0.4, 0.5) is 0 Å². The Hall–Kier alpha value is -1.48. The van der Waals surface area contributed by atoms with Gasteiger partial charge in [0.2, 0.25) is 0 Å². The van der Waals surface area contributed by atoms with E-state index in [1.54, 1.807) is 18.0 Å². The second-order valence-electron chi connectivity index (χ2n) is 6.28. The fourth-order valence-corrected chi connectivity index (χ4v) is 2.91. The SMILES string of the molecule is Cc1ccc(C(C)(C)C)cc1C(=O)CSCc1ccco1. The zero-order valence-corrected chi connectivity index (χ0v) is 13.9. The number of aryl methyl sites for hydroxylation is 1. The highest BCUT2D eigenvalue weighted by molar-refractivity contribution is 7.99. The molecular formula is C18H22O2S. The van der Waals surface area contributed by atoms with Crippen molar-refractivity contribution in [1.82, 2.24) is 0 Å². The van der Waals surface area contributed by atoms with Gasteiger partial charge in [0.05, 0.1) is 17.8 Å². The van der Waals surface area contributed by atoms with E-state index in [1.807, 2.05) is 31.2 Å². The van der Waals surface area contributed by atoms with Crippen molar-refractivity contribution in [3.63, 3.8) is 0 Å². The molecule has 0 unspecified atom stereocenters. The number of ketones is 1. The van der Waals surface area contributed by atoms with Crippen LogP contribution in [0.3, 0.4) is 0 Å². The van der Waals surface area contributed by atoms with Crippen molar-refractivity contribution < 1.29 is 9.21 Å². The van der Waals surface area contributed by atoms with Crippen molar-refractivity contribution in [2.45, 2.75) is 38.9 Å². The quantitative estimate of drug-likeness (QED) is 0.728. The maximum atomic E-state index is 12.4. The van der Waals surface area contributed by atoms with E-state index in [-0.39, 0.29) is 11.2 Å². The number of furan rings is 1. The van der Waals surface area contributed by atoms with E-state index in [9.17, 15) is 4.79 Å². The highest BCUT2D eigenvalue weighted by Crippen LogP contribution is 2.25. The first-order valence-corrected chi connectivity index (χ1v) is 8.28. The summed E-state index contributed by atoms with van der Waals surface area (Å²) in [5.41, 5.74) is 3.15. The molecule has 1 heterocycles. The van der Waals surface area contributed by atoms with Gasteiger partial charge >= 0.3 is 0 Å². The van der Waals surface area contributed by atoms with Crippen LogP contribution in [-0.4, -0.2) is 11.5 Å². The predicted molar refractivity (Wildman–Crippen MR) is 89.1 cm³/mol. The Morgan fingerprint density at radius 3 is 2.62 bits per heavy atom. The van der Waals surface area contributed by atoms with Gasteiger partial charge in [-0.1, -0.05) is 32.9 Å². The highest BCUT2D eigenvalue weighted by atomic mass is 32.2. The van der Waals surface area contributed by atoms with Gasteiger partial charge in [-0.3, -0.25) is 4.79 Å². The lowest BCUT2D eigenvalue weighted by molar-refractivity contribution is 0.102. The van der Waals surface area contributed by atoms with Gasteiger partial charge in [0.15, 0.2) is 5.78 Å². The molecule has 112 valence electrons. The summed E-state index contributed by atoms with van der Waals surface area (Å²) >= 11 is 1.59. The van der Waals surface area contributed by atoms with Crippen LogP contribution in [0, 0.1) is 6.92 Å². The van der Waals surface area contributed by atoms with Crippen molar-refractivity contribution >= 4 is 17.5 Å². The molecule has 0 saturated heterocycles. The van der Waals surface area contributed by atoms with Crippen molar-refractivity contribution in [3.8, 4) is 0 Å². The Morgan fingerprint density at radius 1 is 1.24 bits per heavy atom. The van der Waals surface area contributed by atoms with Gasteiger partial charge in [0, 0.05) is 5.56 Å². The van der Waals surface area contributed by atoms with Gasteiger partial charge in [-0.25, -0.2) is 0 Å². The van der Waals surface area contributed by atoms with E-state index in [0.29, 0.717) is 5.75 Å². The molecule has 0 fully saturated rings. The molecule has 2 rings (SSSR count). The third kappa shape index (κ3) is 4.24. The third-order valence-corrected chi connectivity index (χ3v) is 4.42. The lowest BCUT2D eigenvalue weighted by Gasteiger charge is -2.20. The largest absolute Gasteiger partial charge is 0.468 e. The maximum absolute atomic E-state index is 12.4. The normalized spacial score (nSPS) is 11.6. The molecule has 21 heavy (non-hydrogen) atoms. The van der Waals surface area contributed by atoms with Crippen LogP contribution in [-0.2, 0) is 11.2 Å². The van der Waals surface area contributed by atoms with Crippen LogP contribution in [0.5, 0.6) is 0 Å². The van der Waals surface area contributed by atoms with Gasteiger partial charge in [0.25, 0.3) is 0 Å². The topological polar surface area (TPSA) is 30.2 Å². The first kappa shape index (κ1) is 15.9. The summed E-state index contributed by atoms with van der Waals surface area (Å²) in [5.74, 6) is 2.31. The van der Waals surface area contributed by atoms with Crippen molar-refractivity contribution in [3.05, 3.63) is 59.0 Å². The Bertz CT molecular complexity index is 607. The molecular weight excluding hydrogens is 280 g/mol. The fraction of sp³-hybridized carbons (Fsp3) is 0.389. The molecule has 0 amide bonds. The van der Waals surface area contributed by atoms with Crippen molar-refractivity contribution in [2.24, 2.45) is 0 Å². The van der Waals surface area contributed by atoms with Gasteiger partial charge < -0.3 is 4.42 Å². The number of Topliss-reactive ketones (excluding diaryl/α,β-unsaturated/α-hetero) is 1. The zero-order valence-electron chi connectivity index (χ0n) is 13.1. The summed E-state index contributed by atoms with van der Waals surface area (Å²) in [5, 5.41) is 0. The number of rotatable bonds is 5. The minimum Gasteiger partial charge on any atom is -0.468 e. The summed E-state index contributed by atoms with van der Waals surface area (Å²) in [6.45, 7) is 8.49. The van der Waals surface area contributed by atoms with Crippen LogP contribution in [0.2, 0.25) is 0 Å². The standard InChI is InChI=1S/C18H22O2S/c1-13-7-8-14(18(2,3)4)10-16(13)17(19)12-21-11-15-6-5-9-20-15/h5-10H,11-12H2,1-4H3. The van der Waals surface area contributed by atoms with Crippen LogP contribution in [0.25, 0.3) is 0 Å². The molecule has 0 aliphatic heterocycles. The average Bonchev–Trinajstić information content (AvgIpc) is 2.91. The molecule has 0 aliphatic carbocycles. The van der Waals surface area contributed by atoms with E-state index in [2.05, 4.69) is 26.8 Å². The molecule has 1 aromatic heterocycles. The van der Waals surface area contributed by atoms with Gasteiger partial charge in [-0.05, 0) is 41.7 Å². The van der Waals surface area contributed by atoms with Crippen LogP contribution >= 0.6 is 11.8 Å². The zero-order chi connectivity index (χ0) is 15.5. The second-order valence-corrected chi connectivity index (χ2v) is 7.26. The van der Waals surface area contributed by atoms with Gasteiger partial charge in [-0.2, -0.15) is 0 Å². The lowest BCUT2D eigenvalue weighted by atomic mass is 9.85. The van der Waals surface area contributed by atoms with Crippen LogP contribution < -0.4 is 0 Å². The van der Waals surface area contributed by atoms with Crippen LogP contribution in [0.15, 0.2) is 41.0 Å². The predicted octanol–water partition coefficient (Wildman–Crippen LogP) is 5.00. The Kier molecular flexibility index (Phi) is 4.94. The van der Waals surface area contributed by atoms with Gasteiger partial charge in [-0.15, -0.1) is 11.8 Å². The molecule has 0 saturated carbocycles. The van der Waals surface area contributed by atoms with E-state index < -0.39 is 0 Å². The highest BCUT2D eigenvalue weighted by Gasteiger charge is 2.17. The number of carbonyl (C=O) groups excluding carboxylic acids is 1. The van der Waals surface area contributed by atoms with Crippen LogP contribution in [0.1, 0.15) is 48.0 Å². The van der Waals surface area contributed by atoms with Gasteiger partial charge in [0.1, 0.15) is 5.76 Å². The summed E-state index contributed by atoms with van der Waals surface area (Å²) in [6, 6.07) is 10.0. The Labute approximate surface area is 130 Å². The molecule has 0 bridgehead atoms. The average molecular weight is 302 g/mol. The molecule has 0 N–H and O–H groups in total. The maximum Gasteiger partial charge on any atom is 0.173 e. The first-order valence-electron chi connectivity index (χ1n) is 7.12. The van der Waals surface area contributed by atoms with E-state index >= 15 is 0 Å². The summed E-state index contributed by atoms with van der Waals surface area (Å²) in [7, 11) is 0. The number of thioether (sulfide) groups is 1. The molecule has 0 radical (unpaired) electrons. The van der Waals surface area contributed by atoms with E-state index in [1.165, 1.54) is 5.56 Å². The first-order chi connectivity index (χ1) is 9.88. The Morgan fingerprint density at radius 2 is 2.00 bits per heavy atom. The monoisotopic (exact) mass is 302 g/mol. The number of hydrogen-bond donors (Lipinski definition) is 0. The minimum atomic E-state index is 0.0596. The number of carbonyl (C=O) groups is 1. The third-order valence-electron chi connectivity index (χ3n) is 3.46. The second kappa shape index (κ2) is 6.52. The molecule has 0 atom stereocenters. The molecule has 0 spiro atoms. The molecule has 3 heteroatoms.